The van der Waals surface area contributed by atoms with Crippen molar-refractivity contribution in [2.75, 3.05) is 0 Å². The Hall–Kier alpha value is -2.44. The van der Waals surface area contributed by atoms with E-state index in [0.717, 1.165) is 24.3 Å². The average molecular weight is 296 g/mol. The first-order chi connectivity index (χ1) is 9.79. The van der Waals surface area contributed by atoms with Crippen LogP contribution < -0.4 is 0 Å². The predicted molar refractivity (Wildman–Crippen MR) is 67.9 cm³/mol. The van der Waals surface area contributed by atoms with Gasteiger partial charge in [-0.1, -0.05) is 12.1 Å². The predicted octanol–water partition coefficient (Wildman–Crippen LogP) is 2.89. The summed E-state index contributed by atoms with van der Waals surface area (Å²) in [4.78, 5) is 27.6. The van der Waals surface area contributed by atoms with E-state index in [1.807, 2.05) is 0 Å². The smallest absolute Gasteiger partial charge is 0.332 e. The van der Waals surface area contributed by atoms with Crippen molar-refractivity contribution in [1.29, 1.82) is 0 Å². The van der Waals surface area contributed by atoms with Gasteiger partial charge in [0.25, 0.3) is 0 Å². The van der Waals surface area contributed by atoms with Crippen LogP contribution in [0.5, 0.6) is 0 Å². The van der Waals surface area contributed by atoms with E-state index in [0.29, 0.717) is 0 Å². The Morgan fingerprint density at radius 2 is 1.76 bits per heavy atom. The molecule has 0 fully saturated rings. The van der Waals surface area contributed by atoms with Gasteiger partial charge in [-0.15, -0.1) is 0 Å². The lowest BCUT2D eigenvalue weighted by Gasteiger charge is -2.07. The first-order valence-electron chi connectivity index (χ1n) is 6.00. The lowest BCUT2D eigenvalue weighted by molar-refractivity contribution is -0.137. The number of ketones is 2. The Morgan fingerprint density at radius 3 is 2.24 bits per heavy atom. The molecule has 0 amide bonds. The fourth-order valence-corrected chi connectivity index (χ4v) is 1.81. The molecule has 0 aliphatic carbocycles. The molecule has 1 aromatic heterocycles. The first kappa shape index (κ1) is 15.0. The van der Waals surface area contributed by atoms with Gasteiger partial charge in [-0.25, -0.2) is 4.98 Å². The maximum Gasteiger partial charge on any atom is 0.416 e. The SMILES string of the molecule is Cn1ccnc1C(=O)CC(=O)c1ccc(C(F)(F)F)cc1. The van der Waals surface area contributed by atoms with Gasteiger partial charge in [-0.3, -0.25) is 9.59 Å². The van der Waals surface area contributed by atoms with Crippen LogP contribution in [0.4, 0.5) is 13.2 Å². The second-order valence-electron chi connectivity index (χ2n) is 4.46. The second-order valence-corrected chi connectivity index (χ2v) is 4.46. The highest BCUT2D eigenvalue weighted by Gasteiger charge is 2.30. The average Bonchev–Trinajstić information content (AvgIpc) is 2.84. The Kier molecular flexibility index (Phi) is 3.93. The van der Waals surface area contributed by atoms with Gasteiger partial charge in [0.1, 0.15) is 0 Å². The van der Waals surface area contributed by atoms with Gasteiger partial charge in [0, 0.05) is 25.0 Å². The number of hydrogen-bond acceptors (Lipinski definition) is 3. The molecule has 2 aromatic rings. The first-order valence-corrected chi connectivity index (χ1v) is 6.00. The molecule has 0 atom stereocenters. The quantitative estimate of drug-likeness (QED) is 0.644. The minimum atomic E-state index is -4.45. The van der Waals surface area contributed by atoms with Crippen LogP contribution in [0.25, 0.3) is 0 Å². The van der Waals surface area contributed by atoms with Crippen molar-refractivity contribution in [3.63, 3.8) is 0 Å². The molecule has 0 saturated heterocycles. The highest BCUT2D eigenvalue weighted by molar-refractivity contribution is 6.12. The second kappa shape index (κ2) is 5.51. The Labute approximate surface area is 118 Å². The van der Waals surface area contributed by atoms with Crippen LogP contribution in [0, 0.1) is 0 Å². The van der Waals surface area contributed by atoms with Crippen molar-refractivity contribution in [2.24, 2.45) is 7.05 Å². The molecule has 21 heavy (non-hydrogen) atoms. The van der Waals surface area contributed by atoms with E-state index in [2.05, 4.69) is 4.98 Å². The number of carbonyl (C=O) groups excluding carboxylic acids is 2. The van der Waals surface area contributed by atoms with E-state index in [1.54, 1.807) is 13.2 Å². The van der Waals surface area contributed by atoms with Crippen LogP contribution in [0.3, 0.4) is 0 Å². The van der Waals surface area contributed by atoms with E-state index < -0.39 is 29.7 Å². The van der Waals surface area contributed by atoms with Crippen molar-refractivity contribution in [2.45, 2.75) is 12.6 Å². The van der Waals surface area contributed by atoms with Gasteiger partial charge in [0.2, 0.25) is 5.78 Å². The number of carbonyl (C=O) groups is 2. The molecular formula is C14H11F3N2O2. The molecular weight excluding hydrogens is 285 g/mol. The molecule has 0 N–H and O–H groups in total. The summed E-state index contributed by atoms with van der Waals surface area (Å²) in [5.41, 5.74) is -0.778. The highest BCUT2D eigenvalue weighted by Crippen LogP contribution is 2.29. The van der Waals surface area contributed by atoms with Crippen LogP contribution in [0.1, 0.15) is 33.0 Å². The van der Waals surface area contributed by atoms with Crippen LogP contribution in [0.2, 0.25) is 0 Å². The number of aromatic nitrogens is 2. The third-order valence-electron chi connectivity index (χ3n) is 2.93. The van der Waals surface area contributed by atoms with E-state index in [1.165, 1.54) is 10.8 Å². The van der Waals surface area contributed by atoms with Crippen molar-refractivity contribution >= 4 is 11.6 Å². The fraction of sp³-hybridized carbons (Fsp3) is 0.214. The molecule has 0 aliphatic rings. The molecule has 0 bridgehead atoms. The molecule has 0 saturated carbocycles. The van der Waals surface area contributed by atoms with Gasteiger partial charge < -0.3 is 4.57 Å². The number of imidazole rings is 1. The standard InChI is InChI=1S/C14H11F3N2O2/c1-19-7-6-18-13(19)12(21)8-11(20)9-2-4-10(5-3-9)14(15,16)17/h2-7H,8H2,1H3. The van der Waals surface area contributed by atoms with Crippen LogP contribution in [-0.4, -0.2) is 21.1 Å². The number of hydrogen-bond donors (Lipinski definition) is 0. The number of rotatable bonds is 4. The molecule has 1 aromatic carbocycles. The number of Topliss-reactive ketones (excluding diaryl/α,β-unsaturated/α-hetero) is 2. The van der Waals surface area contributed by atoms with Gasteiger partial charge in [-0.05, 0) is 12.1 Å². The van der Waals surface area contributed by atoms with E-state index >= 15 is 0 Å². The van der Waals surface area contributed by atoms with Crippen molar-refractivity contribution in [1.82, 2.24) is 9.55 Å². The zero-order valence-corrected chi connectivity index (χ0v) is 11.0. The number of halogens is 3. The fourth-order valence-electron chi connectivity index (χ4n) is 1.81. The normalized spacial score (nSPS) is 11.4. The molecule has 4 nitrogen and oxygen atoms in total. The Bertz CT molecular complexity index is 672. The summed E-state index contributed by atoms with van der Waals surface area (Å²) in [7, 11) is 1.61. The van der Waals surface area contributed by atoms with Crippen molar-refractivity contribution in [3.8, 4) is 0 Å². The van der Waals surface area contributed by atoms with Crippen LogP contribution >= 0.6 is 0 Å². The molecule has 0 spiro atoms. The van der Waals surface area contributed by atoms with E-state index in [9.17, 15) is 22.8 Å². The summed E-state index contributed by atoms with van der Waals surface area (Å²) in [5.74, 6) is -0.889. The van der Waals surface area contributed by atoms with Gasteiger partial charge >= 0.3 is 6.18 Å². The summed E-state index contributed by atoms with van der Waals surface area (Å²) in [6, 6.07) is 3.77. The number of alkyl halides is 3. The topological polar surface area (TPSA) is 52.0 Å². The molecule has 2 rings (SSSR count). The molecule has 7 heteroatoms. The third kappa shape index (κ3) is 3.36. The molecule has 0 unspecified atom stereocenters. The number of nitrogens with zero attached hydrogens (tertiary/aromatic N) is 2. The number of benzene rings is 1. The lowest BCUT2D eigenvalue weighted by atomic mass is 10.0. The van der Waals surface area contributed by atoms with Crippen LogP contribution in [0.15, 0.2) is 36.7 Å². The summed E-state index contributed by atoms with van der Waals surface area (Å²) >= 11 is 0. The molecule has 0 radical (unpaired) electrons. The minimum absolute atomic E-state index is 0.0607. The minimum Gasteiger partial charge on any atom is -0.332 e. The largest absolute Gasteiger partial charge is 0.416 e. The Morgan fingerprint density at radius 1 is 1.14 bits per heavy atom. The number of aryl methyl sites for hydroxylation is 1. The van der Waals surface area contributed by atoms with Gasteiger partial charge in [-0.2, -0.15) is 13.2 Å². The molecule has 110 valence electrons. The maximum atomic E-state index is 12.4. The lowest BCUT2D eigenvalue weighted by Crippen LogP contribution is -2.13. The van der Waals surface area contributed by atoms with Crippen molar-refractivity contribution < 1.29 is 22.8 Å². The van der Waals surface area contributed by atoms with Crippen LogP contribution in [-0.2, 0) is 13.2 Å². The summed E-state index contributed by atoms with van der Waals surface area (Å²) in [6.45, 7) is 0. The zero-order valence-electron chi connectivity index (χ0n) is 11.0. The highest BCUT2D eigenvalue weighted by atomic mass is 19.4. The maximum absolute atomic E-state index is 12.4. The van der Waals surface area contributed by atoms with Gasteiger partial charge in [0.05, 0.1) is 12.0 Å². The monoisotopic (exact) mass is 296 g/mol. The summed E-state index contributed by atoms with van der Waals surface area (Å²) in [5, 5.41) is 0. The third-order valence-corrected chi connectivity index (χ3v) is 2.93. The summed E-state index contributed by atoms with van der Waals surface area (Å²) < 4.78 is 38.7. The Balaban J connectivity index is 2.11. The van der Waals surface area contributed by atoms with Gasteiger partial charge in [0.15, 0.2) is 11.6 Å². The zero-order chi connectivity index (χ0) is 15.6. The molecule has 0 aliphatic heterocycles. The summed E-state index contributed by atoms with van der Waals surface area (Å²) in [6.07, 6.45) is -1.90. The van der Waals surface area contributed by atoms with Crippen molar-refractivity contribution in [3.05, 3.63) is 53.6 Å². The van der Waals surface area contributed by atoms with E-state index in [4.69, 9.17) is 0 Å². The van der Waals surface area contributed by atoms with E-state index in [-0.39, 0.29) is 11.4 Å². The molecule has 1 heterocycles.